The Morgan fingerprint density at radius 1 is 1.12 bits per heavy atom. The molecule has 0 unspecified atom stereocenters. The zero-order valence-corrected chi connectivity index (χ0v) is 17.5. The summed E-state index contributed by atoms with van der Waals surface area (Å²) in [7, 11) is 0. The van der Waals surface area contributed by atoms with Gasteiger partial charge in [-0.3, -0.25) is 9.38 Å². The summed E-state index contributed by atoms with van der Waals surface area (Å²) in [5.74, 6) is 1.33. The van der Waals surface area contributed by atoms with Crippen LogP contribution < -0.4 is 14.8 Å². The summed E-state index contributed by atoms with van der Waals surface area (Å²) >= 11 is 0. The Hall–Kier alpha value is -3.82. The Balaban J connectivity index is 1.49. The van der Waals surface area contributed by atoms with Crippen LogP contribution in [0.15, 0.2) is 36.8 Å². The number of pyridine rings is 2. The van der Waals surface area contributed by atoms with E-state index in [-0.39, 0.29) is 30.6 Å². The maximum Gasteiger partial charge on any atom is 0.280 e. The normalized spacial score (nSPS) is 16.8. The lowest BCUT2D eigenvalue weighted by Crippen LogP contribution is -2.13. The number of hydrogen-bond donors (Lipinski definition) is 1. The highest BCUT2D eigenvalue weighted by atomic mass is 19.3. The number of fused-ring (bicyclic) bond motifs is 3. The average molecular weight is 453 g/mol. The minimum Gasteiger partial charge on any atom is -0.493 e. The van der Waals surface area contributed by atoms with Gasteiger partial charge in [0.05, 0.1) is 19.1 Å². The topological polar surface area (TPSA) is 73.6 Å². The molecule has 6 rings (SSSR count). The van der Waals surface area contributed by atoms with Crippen LogP contribution in [0, 0.1) is 12.7 Å². The van der Waals surface area contributed by atoms with Gasteiger partial charge in [0, 0.05) is 35.0 Å². The maximum absolute atomic E-state index is 14.7. The number of anilines is 1. The molecule has 0 fully saturated rings. The molecule has 3 aromatic heterocycles. The van der Waals surface area contributed by atoms with Crippen LogP contribution >= 0.6 is 0 Å². The fourth-order valence-electron chi connectivity index (χ4n) is 4.56. The van der Waals surface area contributed by atoms with Crippen LogP contribution in [0.1, 0.15) is 34.7 Å². The SMILES string of the molecule is Cc1cc(C(F)F)ncc1-c1cc2c(n3cnnc13)NCc1c(F)ccc3c1[C@H](CO3)CO2. The number of rotatable bonds is 2. The van der Waals surface area contributed by atoms with Crippen molar-refractivity contribution >= 4 is 11.5 Å². The molecule has 0 amide bonds. The molecule has 0 radical (unpaired) electrons. The van der Waals surface area contributed by atoms with E-state index in [1.807, 2.05) is 0 Å². The van der Waals surface area contributed by atoms with E-state index < -0.39 is 6.43 Å². The fraction of sp³-hybridized carbons (Fsp3) is 0.261. The molecule has 2 aliphatic rings. The minimum absolute atomic E-state index is 0.118. The predicted molar refractivity (Wildman–Crippen MR) is 113 cm³/mol. The molecule has 5 heterocycles. The van der Waals surface area contributed by atoms with Crippen LogP contribution in [0.5, 0.6) is 11.5 Å². The number of alkyl halides is 2. The van der Waals surface area contributed by atoms with E-state index in [9.17, 15) is 13.2 Å². The van der Waals surface area contributed by atoms with E-state index >= 15 is 0 Å². The van der Waals surface area contributed by atoms with E-state index in [0.29, 0.717) is 51.8 Å². The Morgan fingerprint density at radius 3 is 2.73 bits per heavy atom. The average Bonchev–Trinajstić information content (AvgIpc) is 3.45. The van der Waals surface area contributed by atoms with Crippen molar-refractivity contribution in [3.8, 4) is 22.6 Å². The first kappa shape index (κ1) is 19.8. The summed E-state index contributed by atoms with van der Waals surface area (Å²) in [6.45, 7) is 2.66. The molecule has 1 aromatic carbocycles. The lowest BCUT2D eigenvalue weighted by Gasteiger charge is -2.17. The van der Waals surface area contributed by atoms with Gasteiger partial charge >= 0.3 is 0 Å². The highest BCUT2D eigenvalue weighted by molar-refractivity contribution is 5.83. The monoisotopic (exact) mass is 453 g/mol. The van der Waals surface area contributed by atoms with Crippen molar-refractivity contribution in [1.29, 1.82) is 0 Å². The Bertz CT molecular complexity index is 1400. The zero-order valence-electron chi connectivity index (χ0n) is 17.5. The van der Waals surface area contributed by atoms with Gasteiger partial charge in [0.25, 0.3) is 6.43 Å². The molecule has 2 aliphatic heterocycles. The Kier molecular flexibility index (Phi) is 4.42. The van der Waals surface area contributed by atoms with Crippen molar-refractivity contribution in [3.63, 3.8) is 0 Å². The van der Waals surface area contributed by atoms with Gasteiger partial charge in [-0.15, -0.1) is 10.2 Å². The summed E-state index contributed by atoms with van der Waals surface area (Å²) in [5.41, 5.74) is 3.49. The highest BCUT2D eigenvalue weighted by Crippen LogP contribution is 2.42. The Labute approximate surface area is 186 Å². The predicted octanol–water partition coefficient (Wildman–Crippen LogP) is 4.66. The van der Waals surface area contributed by atoms with E-state index in [2.05, 4.69) is 20.5 Å². The van der Waals surface area contributed by atoms with Crippen molar-refractivity contribution in [2.45, 2.75) is 25.8 Å². The van der Waals surface area contributed by atoms with Gasteiger partial charge in [0.15, 0.2) is 17.2 Å². The van der Waals surface area contributed by atoms with Crippen molar-refractivity contribution in [2.24, 2.45) is 0 Å². The molecule has 0 aliphatic carbocycles. The van der Waals surface area contributed by atoms with E-state index in [1.54, 1.807) is 23.5 Å². The smallest absolute Gasteiger partial charge is 0.280 e. The fourth-order valence-corrected chi connectivity index (χ4v) is 4.56. The molecule has 7 nitrogen and oxygen atoms in total. The number of ether oxygens (including phenoxy) is 2. The van der Waals surface area contributed by atoms with E-state index in [0.717, 1.165) is 5.56 Å². The Morgan fingerprint density at radius 2 is 1.94 bits per heavy atom. The summed E-state index contributed by atoms with van der Waals surface area (Å²) in [5, 5.41) is 11.5. The summed E-state index contributed by atoms with van der Waals surface area (Å²) in [6.07, 6.45) is 0.291. The van der Waals surface area contributed by atoms with Crippen molar-refractivity contribution < 1.29 is 22.6 Å². The molecule has 10 heteroatoms. The molecule has 1 N–H and O–H groups in total. The van der Waals surface area contributed by atoms with Crippen LogP contribution in [0.4, 0.5) is 19.0 Å². The van der Waals surface area contributed by atoms with Gasteiger partial charge < -0.3 is 14.8 Å². The number of benzene rings is 1. The molecule has 0 saturated heterocycles. The second-order valence-electron chi connectivity index (χ2n) is 8.13. The molecule has 33 heavy (non-hydrogen) atoms. The van der Waals surface area contributed by atoms with Gasteiger partial charge in [-0.05, 0) is 36.8 Å². The number of nitrogens with one attached hydrogen (secondary N) is 1. The third-order valence-corrected chi connectivity index (χ3v) is 6.16. The second-order valence-corrected chi connectivity index (χ2v) is 8.13. The first-order chi connectivity index (χ1) is 16.0. The van der Waals surface area contributed by atoms with Crippen LogP contribution in [0.3, 0.4) is 0 Å². The molecule has 1 atom stereocenters. The van der Waals surface area contributed by atoms with E-state index in [4.69, 9.17) is 9.47 Å². The number of aryl methyl sites for hydroxylation is 1. The number of aromatic nitrogens is 4. The molecule has 0 spiro atoms. The number of nitrogens with zero attached hydrogens (tertiary/aromatic N) is 4. The van der Waals surface area contributed by atoms with Gasteiger partial charge in [0.1, 0.15) is 23.6 Å². The van der Waals surface area contributed by atoms with Crippen LogP contribution in [-0.4, -0.2) is 32.8 Å². The molecule has 4 aromatic rings. The largest absolute Gasteiger partial charge is 0.493 e. The summed E-state index contributed by atoms with van der Waals surface area (Å²) in [6, 6.07) is 6.22. The van der Waals surface area contributed by atoms with Crippen molar-refractivity contribution in [3.05, 3.63) is 65.0 Å². The first-order valence-electron chi connectivity index (χ1n) is 10.4. The molecule has 168 valence electrons. The second kappa shape index (κ2) is 7.36. The van der Waals surface area contributed by atoms with Crippen LogP contribution in [0.2, 0.25) is 0 Å². The summed E-state index contributed by atoms with van der Waals surface area (Å²) < 4.78 is 54.6. The van der Waals surface area contributed by atoms with Crippen LogP contribution in [-0.2, 0) is 6.54 Å². The molecular weight excluding hydrogens is 435 g/mol. The van der Waals surface area contributed by atoms with Gasteiger partial charge in [0.2, 0.25) is 0 Å². The zero-order chi connectivity index (χ0) is 22.7. The third-order valence-electron chi connectivity index (χ3n) is 6.16. The highest BCUT2D eigenvalue weighted by Gasteiger charge is 2.31. The molecule has 0 bridgehead atoms. The lowest BCUT2D eigenvalue weighted by molar-refractivity contribution is 0.146. The van der Waals surface area contributed by atoms with Crippen molar-refractivity contribution in [2.75, 3.05) is 18.5 Å². The third kappa shape index (κ3) is 3.08. The van der Waals surface area contributed by atoms with Gasteiger partial charge in [-0.25, -0.2) is 13.2 Å². The van der Waals surface area contributed by atoms with Gasteiger partial charge in [-0.2, -0.15) is 0 Å². The first-order valence-corrected chi connectivity index (χ1v) is 10.4. The number of hydrogen-bond acceptors (Lipinski definition) is 6. The van der Waals surface area contributed by atoms with Crippen molar-refractivity contribution in [1.82, 2.24) is 19.6 Å². The lowest BCUT2D eigenvalue weighted by atomic mass is 9.96. The maximum atomic E-state index is 14.7. The standard InChI is InChI=1S/C23H18F3N5O2/c1-11-4-17(21(25)26)27-6-14(11)13-5-19-23(31-10-29-30-22(13)31)28-7-15-16(24)2-3-18-20(15)12(8-32-18)9-33-19/h2-6,10,12,21,28H,7-9H2,1H3/t12-/m1/s1. The van der Waals surface area contributed by atoms with Gasteiger partial charge in [-0.1, -0.05) is 0 Å². The summed E-state index contributed by atoms with van der Waals surface area (Å²) in [4.78, 5) is 3.91. The quantitative estimate of drug-likeness (QED) is 0.476. The van der Waals surface area contributed by atoms with Crippen LogP contribution in [0.25, 0.3) is 16.8 Å². The molecule has 0 saturated carbocycles. The number of halogens is 3. The molecular formula is C23H18F3N5O2. The minimum atomic E-state index is -2.65. The van der Waals surface area contributed by atoms with E-state index in [1.165, 1.54) is 24.7 Å².